The van der Waals surface area contributed by atoms with Crippen molar-refractivity contribution in [1.82, 2.24) is 19.3 Å². The standard InChI is InChI=1S/C27H40N4O10/c32-22-8-4-12-28(26(22)36)16-20-40-18-6-10-24(34)30(38)14-2-1-3-15-31(39)25(35)11-7-19-41-21-17-29-13-5-9-23(33)27(29)37/h4-5,8-9,12-13,32-33,38-39H,1-3,6-7,10-11,14-21H2. The molecule has 0 unspecified atom stereocenters. The summed E-state index contributed by atoms with van der Waals surface area (Å²) in [6, 6.07) is 5.73. The van der Waals surface area contributed by atoms with Gasteiger partial charge in [0.25, 0.3) is 11.1 Å². The molecule has 2 heterocycles. The SMILES string of the molecule is O=C(CCCOCCn1cccc(O)c1=O)N(O)CCCCCN(O)C(=O)CCCOCCn1cccc(O)c1=O. The molecule has 0 aliphatic heterocycles. The molecule has 0 bridgehead atoms. The summed E-state index contributed by atoms with van der Waals surface area (Å²) in [6.45, 7) is 1.83. The van der Waals surface area contributed by atoms with Crippen LogP contribution in [0.2, 0.25) is 0 Å². The van der Waals surface area contributed by atoms with Crippen LogP contribution < -0.4 is 11.1 Å². The van der Waals surface area contributed by atoms with Gasteiger partial charge in [-0.25, -0.2) is 10.1 Å². The molecule has 0 aliphatic rings. The number of hydroxylamine groups is 4. The predicted molar refractivity (Wildman–Crippen MR) is 146 cm³/mol. The van der Waals surface area contributed by atoms with Gasteiger partial charge < -0.3 is 28.8 Å². The van der Waals surface area contributed by atoms with E-state index >= 15 is 0 Å². The fourth-order valence-corrected chi connectivity index (χ4v) is 3.79. The summed E-state index contributed by atoms with van der Waals surface area (Å²) in [7, 11) is 0. The number of unbranched alkanes of at least 4 members (excludes halogenated alkanes) is 2. The summed E-state index contributed by atoms with van der Waals surface area (Å²) in [6.07, 6.45) is 5.65. The molecule has 2 amide bonds. The van der Waals surface area contributed by atoms with Crippen molar-refractivity contribution in [3.05, 3.63) is 57.4 Å². The van der Waals surface area contributed by atoms with Gasteiger partial charge in [0.2, 0.25) is 11.8 Å². The number of carbonyl (C=O) groups is 2. The molecule has 0 radical (unpaired) electrons. The van der Waals surface area contributed by atoms with Gasteiger partial charge in [0, 0.05) is 64.6 Å². The lowest BCUT2D eigenvalue weighted by atomic mass is 10.2. The molecule has 41 heavy (non-hydrogen) atoms. The zero-order valence-electron chi connectivity index (χ0n) is 23.1. The Morgan fingerprint density at radius 1 is 0.659 bits per heavy atom. The Hall–Kier alpha value is -3.72. The molecule has 0 aliphatic carbocycles. The lowest BCUT2D eigenvalue weighted by molar-refractivity contribution is -0.166. The average Bonchev–Trinajstić information content (AvgIpc) is 2.95. The number of aromatic hydroxyl groups is 2. The minimum absolute atomic E-state index is 0.0968. The van der Waals surface area contributed by atoms with Crippen molar-refractivity contribution in [3.63, 3.8) is 0 Å². The maximum absolute atomic E-state index is 12.0. The molecule has 0 aromatic carbocycles. The van der Waals surface area contributed by atoms with Gasteiger partial charge in [-0.15, -0.1) is 0 Å². The lowest BCUT2D eigenvalue weighted by Gasteiger charge is -2.17. The molecule has 2 rings (SSSR count). The van der Waals surface area contributed by atoms with E-state index in [9.17, 15) is 39.8 Å². The number of hydrogen-bond acceptors (Lipinski definition) is 10. The molecule has 14 heteroatoms. The van der Waals surface area contributed by atoms with Crippen molar-refractivity contribution in [1.29, 1.82) is 0 Å². The minimum atomic E-state index is -0.498. The van der Waals surface area contributed by atoms with Gasteiger partial charge >= 0.3 is 0 Å². The Bertz CT molecular complexity index is 1110. The summed E-state index contributed by atoms with van der Waals surface area (Å²) >= 11 is 0. The zero-order valence-corrected chi connectivity index (χ0v) is 23.1. The van der Waals surface area contributed by atoms with Crippen LogP contribution in [-0.2, 0) is 32.2 Å². The number of ether oxygens (including phenoxy) is 2. The number of hydrogen-bond donors (Lipinski definition) is 4. The van der Waals surface area contributed by atoms with Crippen LogP contribution in [0.1, 0.15) is 44.9 Å². The van der Waals surface area contributed by atoms with E-state index in [0.717, 1.165) is 0 Å². The van der Waals surface area contributed by atoms with Gasteiger partial charge in [-0.1, -0.05) is 0 Å². The summed E-state index contributed by atoms with van der Waals surface area (Å²) < 4.78 is 13.5. The highest BCUT2D eigenvalue weighted by molar-refractivity contribution is 5.75. The fraction of sp³-hybridized carbons (Fsp3) is 0.556. The zero-order chi connectivity index (χ0) is 30.0. The van der Waals surface area contributed by atoms with Crippen molar-refractivity contribution in [3.8, 4) is 11.5 Å². The molecular formula is C27H40N4O10. The monoisotopic (exact) mass is 580 g/mol. The van der Waals surface area contributed by atoms with Crippen molar-refractivity contribution in [2.75, 3.05) is 39.5 Å². The van der Waals surface area contributed by atoms with Crippen molar-refractivity contribution >= 4 is 11.8 Å². The van der Waals surface area contributed by atoms with E-state index in [0.29, 0.717) is 42.2 Å². The highest BCUT2D eigenvalue weighted by Gasteiger charge is 2.12. The number of amides is 2. The maximum Gasteiger partial charge on any atom is 0.292 e. The maximum atomic E-state index is 12.0. The molecule has 0 spiro atoms. The summed E-state index contributed by atoms with van der Waals surface area (Å²) in [4.78, 5) is 47.4. The highest BCUT2D eigenvalue weighted by atomic mass is 16.5. The Morgan fingerprint density at radius 2 is 1.07 bits per heavy atom. The molecule has 2 aromatic heterocycles. The van der Waals surface area contributed by atoms with E-state index in [1.54, 1.807) is 24.5 Å². The van der Waals surface area contributed by atoms with Crippen LogP contribution in [0, 0.1) is 0 Å². The third-order valence-electron chi connectivity index (χ3n) is 6.13. The first-order valence-corrected chi connectivity index (χ1v) is 13.6. The van der Waals surface area contributed by atoms with E-state index in [-0.39, 0.29) is 76.9 Å². The van der Waals surface area contributed by atoms with Gasteiger partial charge in [-0.3, -0.25) is 29.6 Å². The highest BCUT2D eigenvalue weighted by Crippen LogP contribution is 2.05. The first-order chi connectivity index (χ1) is 19.7. The second-order valence-electron chi connectivity index (χ2n) is 9.31. The van der Waals surface area contributed by atoms with Crippen LogP contribution in [0.5, 0.6) is 11.5 Å². The minimum Gasteiger partial charge on any atom is -0.503 e. The smallest absolute Gasteiger partial charge is 0.292 e. The van der Waals surface area contributed by atoms with Crippen LogP contribution in [-0.4, -0.2) is 91.2 Å². The summed E-state index contributed by atoms with van der Waals surface area (Å²) in [5, 5.41) is 39.9. The third-order valence-corrected chi connectivity index (χ3v) is 6.13. The van der Waals surface area contributed by atoms with Gasteiger partial charge in [0.05, 0.1) is 13.2 Å². The second-order valence-corrected chi connectivity index (χ2v) is 9.31. The van der Waals surface area contributed by atoms with E-state index in [1.165, 1.54) is 21.3 Å². The number of carbonyl (C=O) groups excluding carboxylic acids is 2. The largest absolute Gasteiger partial charge is 0.503 e. The molecule has 0 atom stereocenters. The number of rotatable bonds is 20. The van der Waals surface area contributed by atoms with Crippen molar-refractivity contribution in [2.45, 2.75) is 58.0 Å². The third kappa shape index (κ3) is 12.6. The van der Waals surface area contributed by atoms with E-state index in [4.69, 9.17) is 9.47 Å². The first kappa shape index (κ1) is 33.5. The van der Waals surface area contributed by atoms with E-state index in [1.807, 2.05) is 0 Å². The normalized spacial score (nSPS) is 11.0. The van der Waals surface area contributed by atoms with Crippen LogP contribution in [0.15, 0.2) is 46.2 Å². The van der Waals surface area contributed by atoms with Crippen LogP contribution in [0.25, 0.3) is 0 Å². The van der Waals surface area contributed by atoms with E-state index in [2.05, 4.69) is 0 Å². The second kappa shape index (κ2) is 18.6. The van der Waals surface area contributed by atoms with Crippen LogP contribution >= 0.6 is 0 Å². The molecule has 0 saturated carbocycles. The molecule has 14 nitrogen and oxygen atoms in total. The van der Waals surface area contributed by atoms with Gasteiger partial charge in [-0.2, -0.15) is 0 Å². The number of pyridine rings is 2. The number of nitrogens with zero attached hydrogens (tertiary/aromatic N) is 4. The average molecular weight is 581 g/mol. The van der Waals surface area contributed by atoms with Crippen molar-refractivity contribution < 1.29 is 39.7 Å². The number of aromatic nitrogens is 2. The molecule has 2 aromatic rings. The summed E-state index contributed by atoms with van der Waals surface area (Å²) in [5.41, 5.74) is -0.997. The Balaban J connectivity index is 1.44. The Morgan fingerprint density at radius 3 is 1.49 bits per heavy atom. The van der Waals surface area contributed by atoms with Gasteiger partial charge in [0.1, 0.15) is 0 Å². The molecule has 4 N–H and O–H groups in total. The van der Waals surface area contributed by atoms with Crippen molar-refractivity contribution in [2.24, 2.45) is 0 Å². The molecule has 0 saturated heterocycles. The lowest BCUT2D eigenvalue weighted by Crippen LogP contribution is -2.30. The summed E-state index contributed by atoms with van der Waals surface area (Å²) in [5.74, 6) is -1.54. The topological polar surface area (TPSA) is 184 Å². The Kier molecular flexibility index (Phi) is 15.2. The quantitative estimate of drug-likeness (QED) is 0.101. The van der Waals surface area contributed by atoms with Gasteiger partial charge in [0.15, 0.2) is 11.5 Å². The Labute approximate surface area is 237 Å². The van der Waals surface area contributed by atoms with E-state index < -0.39 is 22.9 Å². The predicted octanol–water partition coefficient (Wildman–Crippen LogP) is 1.32. The molecule has 228 valence electrons. The molecular weight excluding hydrogens is 540 g/mol. The van der Waals surface area contributed by atoms with Crippen LogP contribution in [0.4, 0.5) is 0 Å². The van der Waals surface area contributed by atoms with Crippen LogP contribution in [0.3, 0.4) is 0 Å². The molecule has 0 fully saturated rings. The first-order valence-electron chi connectivity index (χ1n) is 13.6. The van der Waals surface area contributed by atoms with Gasteiger partial charge in [-0.05, 0) is 56.4 Å². The fourth-order valence-electron chi connectivity index (χ4n) is 3.79.